The van der Waals surface area contributed by atoms with Gasteiger partial charge in [0.1, 0.15) is 5.76 Å². The molecule has 1 heterocycles. The number of carbonyl (C=O) groups is 1. The van der Waals surface area contributed by atoms with Gasteiger partial charge in [-0.25, -0.2) is 4.99 Å². The second kappa shape index (κ2) is 11.7. The van der Waals surface area contributed by atoms with Gasteiger partial charge in [0.2, 0.25) is 0 Å². The number of benzene rings is 1. The van der Waals surface area contributed by atoms with E-state index in [0.29, 0.717) is 24.7 Å². The van der Waals surface area contributed by atoms with Crippen molar-refractivity contribution in [2.75, 3.05) is 6.54 Å². The van der Waals surface area contributed by atoms with Gasteiger partial charge in [-0.05, 0) is 49.6 Å². The molecule has 1 saturated carbocycles. The maximum absolute atomic E-state index is 12.3. The summed E-state index contributed by atoms with van der Waals surface area (Å²) in [6.45, 7) is 3.80. The molecule has 0 radical (unpaired) electrons. The smallest absolute Gasteiger partial charge is 0.251 e. The first kappa shape index (κ1) is 22.3. The Labute approximate surface area is 183 Å². The van der Waals surface area contributed by atoms with Gasteiger partial charge in [0.15, 0.2) is 5.96 Å². The van der Waals surface area contributed by atoms with Gasteiger partial charge < -0.3 is 20.4 Å². The molecule has 0 unspecified atom stereocenters. The van der Waals surface area contributed by atoms with Crippen molar-refractivity contribution in [2.24, 2.45) is 4.99 Å². The number of aliphatic imine (C=N–C) groups is 1. The summed E-state index contributed by atoms with van der Waals surface area (Å²) >= 11 is 0. The quantitative estimate of drug-likeness (QED) is 0.310. The number of hydrogen-bond donors (Lipinski definition) is 3. The fourth-order valence-corrected chi connectivity index (χ4v) is 3.25. The Morgan fingerprint density at radius 2 is 2.00 bits per heavy atom. The van der Waals surface area contributed by atoms with Gasteiger partial charge in [0, 0.05) is 18.2 Å². The standard InChI is InChI=1S/C21H28N4O2.HI/c1-2-22-21(25-18-9-3-4-10-18)24-14-16-7-5-8-17(13-16)20(26)23-15-19-11-6-12-27-19;/h5-8,11-13,18H,2-4,9-10,14-15H2,1H3,(H,23,26)(H2,22,24,25);1H. The van der Waals surface area contributed by atoms with Crippen LogP contribution < -0.4 is 16.0 Å². The van der Waals surface area contributed by atoms with Crippen LogP contribution in [-0.4, -0.2) is 24.5 Å². The number of rotatable bonds is 7. The number of halogens is 1. The predicted octanol–water partition coefficient (Wildman–Crippen LogP) is 3.83. The van der Waals surface area contributed by atoms with Crippen LogP contribution in [0, 0.1) is 0 Å². The highest BCUT2D eigenvalue weighted by atomic mass is 127. The van der Waals surface area contributed by atoms with Crippen LogP contribution in [0.15, 0.2) is 52.1 Å². The number of nitrogens with zero attached hydrogens (tertiary/aromatic N) is 1. The third-order valence-electron chi connectivity index (χ3n) is 4.65. The third kappa shape index (κ3) is 6.85. The number of guanidine groups is 1. The van der Waals surface area contributed by atoms with Gasteiger partial charge in [0.25, 0.3) is 5.91 Å². The highest BCUT2D eigenvalue weighted by Gasteiger charge is 2.15. The lowest BCUT2D eigenvalue weighted by atomic mass is 10.1. The molecule has 1 amide bonds. The van der Waals surface area contributed by atoms with Crippen molar-refractivity contribution < 1.29 is 9.21 Å². The Morgan fingerprint density at radius 3 is 2.71 bits per heavy atom. The minimum absolute atomic E-state index is 0. The molecule has 3 N–H and O–H groups in total. The van der Waals surface area contributed by atoms with Crippen LogP contribution in [0.25, 0.3) is 0 Å². The summed E-state index contributed by atoms with van der Waals surface area (Å²) in [6, 6.07) is 11.7. The molecule has 1 fully saturated rings. The highest BCUT2D eigenvalue weighted by molar-refractivity contribution is 14.0. The molecule has 0 aliphatic heterocycles. The molecular weight excluding hydrogens is 467 g/mol. The van der Waals surface area contributed by atoms with E-state index in [-0.39, 0.29) is 29.9 Å². The van der Waals surface area contributed by atoms with Crippen molar-refractivity contribution in [1.82, 2.24) is 16.0 Å². The number of hydrogen-bond acceptors (Lipinski definition) is 3. The first-order chi connectivity index (χ1) is 13.2. The summed E-state index contributed by atoms with van der Waals surface area (Å²) < 4.78 is 5.24. The second-order valence-corrected chi connectivity index (χ2v) is 6.78. The average Bonchev–Trinajstić information content (AvgIpc) is 3.38. The summed E-state index contributed by atoms with van der Waals surface area (Å²) in [5, 5.41) is 9.68. The monoisotopic (exact) mass is 496 g/mol. The van der Waals surface area contributed by atoms with Crippen LogP contribution in [0.2, 0.25) is 0 Å². The number of furan rings is 1. The molecule has 1 aliphatic rings. The minimum atomic E-state index is -0.117. The zero-order chi connectivity index (χ0) is 18.9. The molecule has 1 aromatic carbocycles. The van der Waals surface area contributed by atoms with Crippen molar-refractivity contribution in [1.29, 1.82) is 0 Å². The Bertz CT molecular complexity index is 756. The Kier molecular flexibility index (Phi) is 9.33. The van der Waals surface area contributed by atoms with E-state index in [1.54, 1.807) is 6.26 Å². The van der Waals surface area contributed by atoms with Gasteiger partial charge in [0.05, 0.1) is 19.4 Å². The Balaban J connectivity index is 0.00000280. The zero-order valence-corrected chi connectivity index (χ0v) is 18.6. The van der Waals surface area contributed by atoms with Crippen LogP contribution in [0.4, 0.5) is 0 Å². The van der Waals surface area contributed by atoms with Crippen molar-refractivity contribution in [3.05, 3.63) is 59.5 Å². The van der Waals surface area contributed by atoms with E-state index in [1.165, 1.54) is 25.7 Å². The van der Waals surface area contributed by atoms with E-state index in [1.807, 2.05) is 36.4 Å². The molecule has 0 bridgehead atoms. The molecule has 1 aliphatic carbocycles. The van der Waals surface area contributed by atoms with Gasteiger partial charge in [-0.15, -0.1) is 24.0 Å². The van der Waals surface area contributed by atoms with Crippen molar-refractivity contribution in [3.63, 3.8) is 0 Å². The zero-order valence-electron chi connectivity index (χ0n) is 16.2. The summed E-state index contributed by atoms with van der Waals surface area (Å²) in [4.78, 5) is 17.0. The molecule has 1 aromatic heterocycles. The largest absolute Gasteiger partial charge is 0.467 e. The van der Waals surface area contributed by atoms with Gasteiger partial charge in [-0.2, -0.15) is 0 Å². The molecule has 0 spiro atoms. The summed E-state index contributed by atoms with van der Waals surface area (Å²) in [5.41, 5.74) is 1.63. The van der Waals surface area contributed by atoms with Gasteiger partial charge in [-0.1, -0.05) is 25.0 Å². The van der Waals surface area contributed by atoms with E-state index in [9.17, 15) is 4.79 Å². The first-order valence-corrected chi connectivity index (χ1v) is 9.69. The molecule has 152 valence electrons. The van der Waals surface area contributed by atoms with Crippen LogP contribution in [-0.2, 0) is 13.1 Å². The van der Waals surface area contributed by atoms with Crippen molar-refractivity contribution >= 4 is 35.8 Å². The van der Waals surface area contributed by atoms with Crippen LogP contribution in [0.5, 0.6) is 0 Å². The van der Waals surface area contributed by atoms with E-state index in [4.69, 9.17) is 4.42 Å². The lowest BCUT2D eigenvalue weighted by molar-refractivity contribution is 0.0948. The highest BCUT2D eigenvalue weighted by Crippen LogP contribution is 2.17. The summed E-state index contributed by atoms with van der Waals surface area (Å²) in [5.74, 6) is 1.46. The normalized spacial score (nSPS) is 14.4. The lowest BCUT2D eigenvalue weighted by Crippen LogP contribution is -2.42. The Morgan fingerprint density at radius 1 is 1.18 bits per heavy atom. The van der Waals surface area contributed by atoms with Crippen LogP contribution in [0.3, 0.4) is 0 Å². The molecule has 0 saturated heterocycles. The van der Waals surface area contributed by atoms with Crippen molar-refractivity contribution in [2.45, 2.75) is 51.7 Å². The van der Waals surface area contributed by atoms with Gasteiger partial charge in [-0.3, -0.25) is 4.79 Å². The summed E-state index contributed by atoms with van der Waals surface area (Å²) in [7, 11) is 0. The molecule has 2 aromatic rings. The molecular formula is C21H29IN4O2. The second-order valence-electron chi connectivity index (χ2n) is 6.78. The third-order valence-corrected chi connectivity index (χ3v) is 4.65. The maximum Gasteiger partial charge on any atom is 0.251 e. The first-order valence-electron chi connectivity index (χ1n) is 9.69. The van der Waals surface area contributed by atoms with Gasteiger partial charge >= 0.3 is 0 Å². The summed E-state index contributed by atoms with van der Waals surface area (Å²) in [6.07, 6.45) is 6.57. The molecule has 6 nitrogen and oxygen atoms in total. The fourth-order valence-electron chi connectivity index (χ4n) is 3.25. The van der Waals surface area contributed by atoms with E-state index >= 15 is 0 Å². The predicted molar refractivity (Wildman–Crippen MR) is 122 cm³/mol. The van der Waals surface area contributed by atoms with Crippen LogP contribution >= 0.6 is 24.0 Å². The minimum Gasteiger partial charge on any atom is -0.467 e. The van der Waals surface area contributed by atoms with E-state index in [2.05, 4.69) is 27.9 Å². The average molecular weight is 496 g/mol. The SMILES string of the molecule is CCNC(=NCc1cccc(C(=O)NCc2ccco2)c1)NC1CCCC1.I. The number of amides is 1. The molecule has 28 heavy (non-hydrogen) atoms. The number of carbonyl (C=O) groups excluding carboxylic acids is 1. The fraction of sp³-hybridized carbons (Fsp3) is 0.429. The lowest BCUT2D eigenvalue weighted by Gasteiger charge is -2.16. The molecule has 7 heteroatoms. The topological polar surface area (TPSA) is 78.7 Å². The van der Waals surface area contributed by atoms with E-state index < -0.39 is 0 Å². The Hall–Kier alpha value is -2.03. The van der Waals surface area contributed by atoms with Crippen molar-refractivity contribution in [3.8, 4) is 0 Å². The van der Waals surface area contributed by atoms with Crippen LogP contribution in [0.1, 0.15) is 54.3 Å². The maximum atomic E-state index is 12.3. The van der Waals surface area contributed by atoms with E-state index in [0.717, 1.165) is 23.8 Å². The number of nitrogens with one attached hydrogen (secondary N) is 3. The molecule has 3 rings (SSSR count). The molecule has 0 atom stereocenters.